The van der Waals surface area contributed by atoms with Gasteiger partial charge in [0.15, 0.2) is 5.12 Å². The highest BCUT2D eigenvalue weighted by atomic mass is 32.2. The van der Waals surface area contributed by atoms with Crippen LogP contribution in [0.15, 0.2) is 24.3 Å². The highest BCUT2D eigenvalue weighted by molar-refractivity contribution is 8.13. The fraction of sp³-hybridized carbons (Fsp3) is 0.462. The van der Waals surface area contributed by atoms with Gasteiger partial charge in [0.05, 0.1) is 12.0 Å². The number of carbonyl (C=O) groups excluding carboxylic acids is 1. The molecule has 88 valence electrons. The van der Waals surface area contributed by atoms with Gasteiger partial charge in [-0.05, 0) is 18.2 Å². The number of carbonyl (C=O) groups is 1. The molecule has 0 aliphatic heterocycles. The lowest BCUT2D eigenvalue weighted by molar-refractivity contribution is -0.117. The van der Waals surface area contributed by atoms with E-state index in [-0.39, 0.29) is 11.0 Å². The zero-order chi connectivity index (χ0) is 12.1. The molecule has 2 atom stereocenters. The molecule has 1 aromatic carbocycles. The maximum absolute atomic E-state index is 11.6. The number of rotatable bonds is 4. The molecule has 0 aliphatic rings. The Morgan fingerprint density at radius 1 is 1.38 bits per heavy atom. The standard InChI is InChI=1S/C13H18O2S/c1-4-16-13(15)10(3)12(14)11-7-5-9(2)6-8-11/h5-8,10,12,14H,4H2,1-3H3/t10-,12-/m0/s1. The molecule has 1 aromatic rings. The maximum atomic E-state index is 11.6. The monoisotopic (exact) mass is 238 g/mol. The largest absolute Gasteiger partial charge is 0.388 e. The van der Waals surface area contributed by atoms with Crippen LogP contribution < -0.4 is 0 Å². The molecule has 0 spiro atoms. The summed E-state index contributed by atoms with van der Waals surface area (Å²) in [7, 11) is 0. The van der Waals surface area contributed by atoms with Crippen molar-refractivity contribution in [3.8, 4) is 0 Å². The Balaban J connectivity index is 2.73. The molecule has 0 aromatic heterocycles. The normalized spacial score (nSPS) is 14.5. The van der Waals surface area contributed by atoms with Crippen LogP contribution in [0.1, 0.15) is 31.1 Å². The minimum Gasteiger partial charge on any atom is -0.388 e. The van der Waals surface area contributed by atoms with Crippen LogP contribution in [0.5, 0.6) is 0 Å². The Kier molecular flexibility index (Phi) is 5.03. The van der Waals surface area contributed by atoms with Crippen molar-refractivity contribution in [2.45, 2.75) is 26.9 Å². The minimum absolute atomic E-state index is 0.0515. The van der Waals surface area contributed by atoms with Crippen molar-refractivity contribution in [2.24, 2.45) is 5.92 Å². The fourth-order valence-corrected chi connectivity index (χ4v) is 2.13. The maximum Gasteiger partial charge on any atom is 0.194 e. The van der Waals surface area contributed by atoms with Gasteiger partial charge in [-0.25, -0.2) is 0 Å². The average molecular weight is 238 g/mol. The SMILES string of the molecule is CCSC(=O)[C@@H](C)[C@H](O)c1ccc(C)cc1. The molecule has 0 fully saturated rings. The Morgan fingerprint density at radius 3 is 2.44 bits per heavy atom. The predicted octanol–water partition coefficient (Wildman–Crippen LogP) is 2.94. The van der Waals surface area contributed by atoms with Crippen molar-refractivity contribution < 1.29 is 9.90 Å². The number of hydrogen-bond donors (Lipinski definition) is 1. The summed E-state index contributed by atoms with van der Waals surface area (Å²) in [6.07, 6.45) is -0.702. The van der Waals surface area contributed by atoms with Gasteiger partial charge in [0.25, 0.3) is 0 Å². The number of aliphatic hydroxyl groups is 1. The van der Waals surface area contributed by atoms with E-state index in [1.165, 1.54) is 11.8 Å². The predicted molar refractivity (Wildman–Crippen MR) is 68.4 cm³/mol. The van der Waals surface area contributed by atoms with Crippen LogP contribution in [-0.2, 0) is 4.79 Å². The van der Waals surface area contributed by atoms with Crippen LogP contribution in [0.3, 0.4) is 0 Å². The van der Waals surface area contributed by atoms with Gasteiger partial charge >= 0.3 is 0 Å². The van der Waals surface area contributed by atoms with Gasteiger partial charge in [0.2, 0.25) is 0 Å². The van der Waals surface area contributed by atoms with Gasteiger partial charge in [-0.1, -0.05) is 55.4 Å². The molecule has 0 heterocycles. The van der Waals surface area contributed by atoms with Gasteiger partial charge in [-0.3, -0.25) is 4.79 Å². The summed E-state index contributed by atoms with van der Waals surface area (Å²) in [5.41, 5.74) is 1.96. The Morgan fingerprint density at radius 2 is 1.94 bits per heavy atom. The summed E-state index contributed by atoms with van der Waals surface area (Å²) in [6, 6.07) is 7.65. The zero-order valence-electron chi connectivity index (χ0n) is 9.93. The van der Waals surface area contributed by atoms with Gasteiger partial charge in [0, 0.05) is 0 Å². The third-order valence-corrected chi connectivity index (χ3v) is 3.50. The van der Waals surface area contributed by atoms with E-state index < -0.39 is 6.10 Å². The fourth-order valence-electron chi connectivity index (χ4n) is 1.45. The quantitative estimate of drug-likeness (QED) is 0.876. The Labute approximate surface area is 101 Å². The van der Waals surface area contributed by atoms with Gasteiger partial charge in [0.1, 0.15) is 0 Å². The Bertz CT molecular complexity index is 345. The number of aryl methyl sites for hydroxylation is 1. The van der Waals surface area contributed by atoms with E-state index in [9.17, 15) is 9.90 Å². The third-order valence-electron chi connectivity index (χ3n) is 2.55. The second-order valence-corrected chi connectivity index (χ2v) is 5.16. The molecule has 0 amide bonds. The van der Waals surface area contributed by atoms with E-state index in [0.717, 1.165) is 16.9 Å². The highest BCUT2D eigenvalue weighted by Crippen LogP contribution is 2.26. The number of aliphatic hydroxyl groups excluding tert-OH is 1. The summed E-state index contributed by atoms with van der Waals surface area (Å²) < 4.78 is 0. The van der Waals surface area contributed by atoms with Crippen LogP contribution in [0, 0.1) is 12.8 Å². The molecule has 0 unspecified atom stereocenters. The lowest BCUT2D eigenvalue weighted by atomic mass is 9.98. The second kappa shape index (κ2) is 6.06. The molecule has 1 N–H and O–H groups in total. The van der Waals surface area contributed by atoms with E-state index >= 15 is 0 Å². The smallest absolute Gasteiger partial charge is 0.194 e. The summed E-state index contributed by atoms with van der Waals surface area (Å²) >= 11 is 1.27. The number of thioether (sulfide) groups is 1. The molecule has 2 nitrogen and oxygen atoms in total. The van der Waals surface area contributed by atoms with Crippen LogP contribution in [0.2, 0.25) is 0 Å². The molecule has 1 rings (SSSR count). The molecule has 0 radical (unpaired) electrons. The van der Waals surface area contributed by atoms with E-state index in [1.807, 2.05) is 38.1 Å². The summed E-state index contributed by atoms with van der Waals surface area (Å²) in [5, 5.41) is 10.1. The van der Waals surface area contributed by atoms with Gasteiger partial charge in [-0.15, -0.1) is 0 Å². The number of hydrogen-bond acceptors (Lipinski definition) is 3. The molecule has 0 aliphatic carbocycles. The molecular formula is C13H18O2S. The van der Waals surface area contributed by atoms with Gasteiger partial charge < -0.3 is 5.11 Å². The van der Waals surface area contributed by atoms with Crippen molar-refractivity contribution in [2.75, 3.05) is 5.75 Å². The van der Waals surface area contributed by atoms with E-state index in [2.05, 4.69) is 0 Å². The first-order valence-electron chi connectivity index (χ1n) is 5.47. The molecule has 0 saturated heterocycles. The zero-order valence-corrected chi connectivity index (χ0v) is 10.8. The summed E-state index contributed by atoms with van der Waals surface area (Å²) in [5.74, 6) is 0.400. The van der Waals surface area contributed by atoms with Crippen molar-refractivity contribution in [1.82, 2.24) is 0 Å². The molecule has 0 saturated carbocycles. The third kappa shape index (κ3) is 3.35. The van der Waals surface area contributed by atoms with Gasteiger partial charge in [-0.2, -0.15) is 0 Å². The van der Waals surface area contributed by atoms with Crippen LogP contribution in [0.4, 0.5) is 0 Å². The van der Waals surface area contributed by atoms with E-state index in [4.69, 9.17) is 0 Å². The Hall–Kier alpha value is -0.800. The van der Waals surface area contributed by atoms with Crippen molar-refractivity contribution in [1.29, 1.82) is 0 Å². The molecular weight excluding hydrogens is 220 g/mol. The summed E-state index contributed by atoms with van der Waals surface area (Å²) in [6.45, 7) is 5.71. The first-order valence-corrected chi connectivity index (χ1v) is 6.46. The van der Waals surface area contributed by atoms with Crippen molar-refractivity contribution >= 4 is 16.9 Å². The minimum atomic E-state index is -0.702. The molecule has 0 bridgehead atoms. The highest BCUT2D eigenvalue weighted by Gasteiger charge is 2.23. The van der Waals surface area contributed by atoms with E-state index in [0.29, 0.717) is 0 Å². The van der Waals surface area contributed by atoms with Crippen molar-refractivity contribution in [3.63, 3.8) is 0 Å². The first-order chi connectivity index (χ1) is 7.56. The van der Waals surface area contributed by atoms with Crippen LogP contribution >= 0.6 is 11.8 Å². The second-order valence-electron chi connectivity index (χ2n) is 3.90. The average Bonchev–Trinajstić information content (AvgIpc) is 2.28. The van der Waals surface area contributed by atoms with Crippen molar-refractivity contribution in [3.05, 3.63) is 35.4 Å². The van der Waals surface area contributed by atoms with Crippen LogP contribution in [0.25, 0.3) is 0 Å². The lowest BCUT2D eigenvalue weighted by Gasteiger charge is -2.17. The molecule has 3 heteroatoms. The van der Waals surface area contributed by atoms with E-state index in [1.54, 1.807) is 6.92 Å². The van der Waals surface area contributed by atoms with Crippen LogP contribution in [-0.4, -0.2) is 16.0 Å². The summed E-state index contributed by atoms with van der Waals surface area (Å²) in [4.78, 5) is 11.6. The topological polar surface area (TPSA) is 37.3 Å². The first kappa shape index (κ1) is 13.3. The lowest BCUT2D eigenvalue weighted by Crippen LogP contribution is -2.17. The molecule has 16 heavy (non-hydrogen) atoms. The number of benzene rings is 1.